The molecule has 0 saturated carbocycles. The molecule has 0 fully saturated rings. The van der Waals surface area contributed by atoms with Gasteiger partial charge < -0.3 is 14.8 Å². The molecule has 0 bridgehead atoms. The SMILES string of the molecule is c1ccc(C[NH2+]Cc2cc(OCc3ccccc3)cc(OCc3ccccc3)c2)cc1. The molecule has 0 atom stereocenters. The average Bonchev–Trinajstić information content (AvgIpc) is 2.83. The van der Waals surface area contributed by atoms with E-state index in [2.05, 4.69) is 66.0 Å². The van der Waals surface area contributed by atoms with Gasteiger partial charge in [-0.3, -0.25) is 0 Å². The lowest BCUT2D eigenvalue weighted by Crippen LogP contribution is -2.80. The van der Waals surface area contributed by atoms with Crippen molar-refractivity contribution in [2.45, 2.75) is 26.3 Å². The van der Waals surface area contributed by atoms with Crippen LogP contribution in [0.15, 0.2) is 109 Å². The van der Waals surface area contributed by atoms with Gasteiger partial charge in [0.1, 0.15) is 37.8 Å². The Hall–Kier alpha value is -3.56. The molecule has 0 amide bonds. The first-order chi connectivity index (χ1) is 15.3. The summed E-state index contributed by atoms with van der Waals surface area (Å²) in [6.45, 7) is 2.88. The van der Waals surface area contributed by atoms with Crippen LogP contribution in [0.2, 0.25) is 0 Å². The van der Waals surface area contributed by atoms with Crippen molar-refractivity contribution in [3.8, 4) is 11.5 Å². The highest BCUT2D eigenvalue weighted by atomic mass is 16.5. The molecule has 3 heteroatoms. The van der Waals surface area contributed by atoms with Gasteiger partial charge in [-0.25, -0.2) is 0 Å². The minimum atomic E-state index is 0.538. The van der Waals surface area contributed by atoms with E-state index in [9.17, 15) is 0 Å². The number of hydrogen-bond donors (Lipinski definition) is 1. The Bertz CT molecular complexity index is 988. The summed E-state index contributed by atoms with van der Waals surface area (Å²) >= 11 is 0. The minimum absolute atomic E-state index is 0.538. The lowest BCUT2D eigenvalue weighted by atomic mass is 10.1. The van der Waals surface area contributed by atoms with Crippen LogP contribution in [0.4, 0.5) is 0 Å². The number of nitrogens with two attached hydrogens (primary N) is 1. The van der Waals surface area contributed by atoms with Gasteiger partial charge in [-0.1, -0.05) is 91.0 Å². The Morgan fingerprint density at radius 2 is 0.871 bits per heavy atom. The number of rotatable bonds is 10. The first-order valence-corrected chi connectivity index (χ1v) is 10.7. The summed E-state index contributed by atoms with van der Waals surface area (Å²) in [6.07, 6.45) is 0. The van der Waals surface area contributed by atoms with Crippen LogP contribution < -0.4 is 14.8 Å². The summed E-state index contributed by atoms with van der Waals surface area (Å²) in [5.41, 5.74) is 4.80. The molecule has 4 rings (SSSR count). The number of ether oxygens (including phenoxy) is 2. The first kappa shape index (κ1) is 20.7. The van der Waals surface area contributed by atoms with Gasteiger partial charge in [0, 0.05) is 17.2 Å². The molecule has 4 aromatic carbocycles. The zero-order chi connectivity index (χ0) is 21.1. The second-order valence-corrected chi connectivity index (χ2v) is 7.54. The van der Waals surface area contributed by atoms with Crippen molar-refractivity contribution in [1.29, 1.82) is 0 Å². The molecule has 0 aliphatic rings. The highest BCUT2D eigenvalue weighted by molar-refractivity contribution is 5.38. The molecule has 0 saturated heterocycles. The third kappa shape index (κ3) is 6.73. The highest BCUT2D eigenvalue weighted by Crippen LogP contribution is 2.24. The Kier molecular flexibility index (Phi) is 7.35. The summed E-state index contributed by atoms with van der Waals surface area (Å²) in [6, 6.07) is 37.2. The second kappa shape index (κ2) is 11.0. The Balaban J connectivity index is 1.43. The lowest BCUT2D eigenvalue weighted by Gasteiger charge is -2.12. The lowest BCUT2D eigenvalue weighted by molar-refractivity contribution is -0.686. The van der Waals surface area contributed by atoms with Crippen LogP contribution >= 0.6 is 0 Å². The molecule has 2 N–H and O–H groups in total. The maximum atomic E-state index is 6.10. The molecule has 0 aromatic heterocycles. The molecule has 3 nitrogen and oxygen atoms in total. The molecule has 0 radical (unpaired) electrons. The minimum Gasteiger partial charge on any atom is -0.489 e. The van der Waals surface area contributed by atoms with Crippen LogP contribution in [-0.4, -0.2) is 0 Å². The zero-order valence-electron chi connectivity index (χ0n) is 17.6. The normalized spacial score (nSPS) is 10.6. The fourth-order valence-corrected chi connectivity index (χ4v) is 3.42. The van der Waals surface area contributed by atoms with Crippen LogP contribution in [0.5, 0.6) is 11.5 Å². The van der Waals surface area contributed by atoms with Crippen LogP contribution in [0, 0.1) is 0 Å². The van der Waals surface area contributed by atoms with Crippen LogP contribution in [0.25, 0.3) is 0 Å². The van der Waals surface area contributed by atoms with Crippen molar-refractivity contribution in [1.82, 2.24) is 0 Å². The molecule has 31 heavy (non-hydrogen) atoms. The number of quaternary nitrogens is 1. The van der Waals surface area contributed by atoms with Gasteiger partial charge in [-0.2, -0.15) is 0 Å². The fraction of sp³-hybridized carbons (Fsp3) is 0.143. The average molecular weight is 411 g/mol. The van der Waals surface area contributed by atoms with Crippen LogP contribution in [-0.2, 0) is 26.3 Å². The maximum Gasteiger partial charge on any atom is 0.124 e. The van der Waals surface area contributed by atoms with Gasteiger partial charge in [0.2, 0.25) is 0 Å². The molecule has 0 aliphatic heterocycles. The summed E-state index contributed by atoms with van der Waals surface area (Å²) in [5, 5.41) is 2.30. The molecule has 0 spiro atoms. The van der Waals surface area contributed by atoms with Gasteiger partial charge in [0.15, 0.2) is 0 Å². The fourth-order valence-electron chi connectivity index (χ4n) is 3.42. The van der Waals surface area contributed by atoms with Crippen molar-refractivity contribution in [2.24, 2.45) is 0 Å². The molecular formula is C28H28NO2+. The van der Waals surface area contributed by atoms with E-state index in [0.717, 1.165) is 35.7 Å². The summed E-state index contributed by atoms with van der Waals surface area (Å²) < 4.78 is 12.2. The Morgan fingerprint density at radius 1 is 0.452 bits per heavy atom. The van der Waals surface area contributed by atoms with E-state index in [1.807, 2.05) is 48.5 Å². The van der Waals surface area contributed by atoms with Crippen LogP contribution in [0.1, 0.15) is 22.3 Å². The maximum absolute atomic E-state index is 6.10. The smallest absolute Gasteiger partial charge is 0.124 e. The summed E-state index contributed by atoms with van der Waals surface area (Å²) in [4.78, 5) is 0. The highest BCUT2D eigenvalue weighted by Gasteiger charge is 2.07. The number of hydrogen-bond acceptors (Lipinski definition) is 2. The second-order valence-electron chi connectivity index (χ2n) is 7.54. The third-order valence-corrected chi connectivity index (χ3v) is 5.04. The molecule has 0 heterocycles. The van der Waals surface area contributed by atoms with Gasteiger partial charge in [0.25, 0.3) is 0 Å². The van der Waals surface area contributed by atoms with E-state index >= 15 is 0 Å². The van der Waals surface area contributed by atoms with E-state index < -0.39 is 0 Å². The molecule has 0 aliphatic carbocycles. The van der Waals surface area contributed by atoms with Crippen molar-refractivity contribution >= 4 is 0 Å². The van der Waals surface area contributed by atoms with Gasteiger partial charge in [-0.05, 0) is 23.3 Å². The van der Waals surface area contributed by atoms with Gasteiger partial charge >= 0.3 is 0 Å². The van der Waals surface area contributed by atoms with Crippen LogP contribution in [0.3, 0.4) is 0 Å². The zero-order valence-corrected chi connectivity index (χ0v) is 17.6. The predicted molar refractivity (Wildman–Crippen MR) is 124 cm³/mol. The molecule has 156 valence electrons. The van der Waals surface area contributed by atoms with Gasteiger partial charge in [0.05, 0.1) is 0 Å². The number of benzene rings is 4. The molecule has 0 unspecified atom stereocenters. The summed E-state index contributed by atoms with van der Waals surface area (Å²) in [7, 11) is 0. The molecular weight excluding hydrogens is 382 g/mol. The summed E-state index contributed by atoms with van der Waals surface area (Å²) in [5.74, 6) is 1.66. The van der Waals surface area contributed by atoms with E-state index in [0.29, 0.717) is 13.2 Å². The van der Waals surface area contributed by atoms with E-state index in [4.69, 9.17) is 9.47 Å². The predicted octanol–water partition coefficient (Wildman–Crippen LogP) is 5.11. The van der Waals surface area contributed by atoms with E-state index in [1.54, 1.807) is 0 Å². The third-order valence-electron chi connectivity index (χ3n) is 5.04. The van der Waals surface area contributed by atoms with Crippen molar-refractivity contribution in [3.63, 3.8) is 0 Å². The van der Waals surface area contributed by atoms with Crippen molar-refractivity contribution in [3.05, 3.63) is 131 Å². The van der Waals surface area contributed by atoms with E-state index in [1.165, 1.54) is 11.1 Å². The molecule has 4 aromatic rings. The topological polar surface area (TPSA) is 35.1 Å². The van der Waals surface area contributed by atoms with Crippen molar-refractivity contribution in [2.75, 3.05) is 0 Å². The van der Waals surface area contributed by atoms with E-state index in [-0.39, 0.29) is 0 Å². The van der Waals surface area contributed by atoms with Crippen molar-refractivity contribution < 1.29 is 14.8 Å². The largest absolute Gasteiger partial charge is 0.489 e. The van der Waals surface area contributed by atoms with Gasteiger partial charge in [-0.15, -0.1) is 0 Å². The quantitative estimate of drug-likeness (QED) is 0.394. The standard InChI is InChI=1S/C28H27NO2/c1-4-10-23(11-5-1)19-29-20-26-16-27(30-21-24-12-6-2-7-13-24)18-28(17-26)31-22-25-14-8-3-9-15-25/h1-18,29H,19-22H2/p+1. The monoisotopic (exact) mass is 410 g/mol. The Morgan fingerprint density at radius 3 is 1.35 bits per heavy atom. The first-order valence-electron chi connectivity index (χ1n) is 10.7. The Labute approximate surface area is 184 Å².